The first kappa shape index (κ1) is 16.0. The topological polar surface area (TPSA) is 77.8 Å². The van der Waals surface area contributed by atoms with Crippen LogP contribution in [0.15, 0.2) is 0 Å². The summed E-state index contributed by atoms with van der Waals surface area (Å²) in [7, 11) is 0. The molecule has 0 amide bonds. The molecular formula is H7NaO4PSb. The van der Waals surface area contributed by atoms with Crippen molar-refractivity contribution in [1.82, 2.24) is 0 Å². The Balaban J connectivity index is -0.0000000267. The van der Waals surface area contributed by atoms with Crippen LogP contribution in [0.2, 0.25) is 0 Å². The van der Waals surface area contributed by atoms with E-state index in [0.29, 0.717) is 0 Å². The van der Waals surface area contributed by atoms with E-state index in [9.17, 15) is 0 Å². The van der Waals surface area contributed by atoms with Gasteiger partial charge in [-0.3, -0.25) is 0 Å². The van der Waals surface area contributed by atoms with Crippen molar-refractivity contribution >= 4 is 30.0 Å². The van der Waals surface area contributed by atoms with E-state index >= 15 is 0 Å². The van der Waals surface area contributed by atoms with Crippen LogP contribution < -0.4 is 29.6 Å². The summed E-state index contributed by atoms with van der Waals surface area (Å²) in [5.74, 6) is 0. The third-order valence-electron chi connectivity index (χ3n) is 0. The second-order valence-corrected chi connectivity index (χ2v) is 3.44. The van der Waals surface area contributed by atoms with Gasteiger partial charge < -0.3 is 1.43 Å². The molecule has 1 unspecified atom stereocenters. The molecule has 0 bridgehead atoms. The van der Waals surface area contributed by atoms with E-state index < -0.39 is 20.1 Å². The van der Waals surface area contributed by atoms with Gasteiger partial charge in [0.15, 0.2) is 0 Å². The van der Waals surface area contributed by atoms with Gasteiger partial charge in [0.05, 0.1) is 0 Å². The molecule has 7 heteroatoms. The molecule has 0 saturated heterocycles. The molecule has 0 spiro atoms. The Labute approximate surface area is 73.4 Å². The van der Waals surface area contributed by atoms with Gasteiger partial charge in [0.2, 0.25) is 0 Å². The molecule has 0 aliphatic carbocycles. The summed E-state index contributed by atoms with van der Waals surface area (Å²) in [6, 6.07) is 0. The Hall–Kier alpha value is 1.93. The van der Waals surface area contributed by atoms with Crippen LogP contribution in [-0.4, -0.2) is 30.2 Å². The van der Waals surface area contributed by atoms with Crippen LogP contribution in [0, 0.1) is 0 Å². The maximum atomic E-state index is 8.97. The predicted octanol–water partition coefficient (Wildman–Crippen LogP) is -5.00. The van der Waals surface area contributed by atoms with Gasteiger partial charge in [-0.05, 0) is 0 Å². The number of hydrogen-bond donors (Lipinski definition) is 3. The van der Waals surface area contributed by atoms with Gasteiger partial charge in [0, 0.05) is 0 Å². The van der Waals surface area contributed by atoms with Gasteiger partial charge in [0.1, 0.15) is 0 Å². The molecule has 7 heavy (non-hydrogen) atoms. The molecule has 3 N–H and O–H groups in total. The molecule has 4 nitrogen and oxygen atoms in total. The van der Waals surface area contributed by atoms with Gasteiger partial charge in [-0.1, -0.05) is 0 Å². The van der Waals surface area contributed by atoms with E-state index in [1.165, 1.54) is 0 Å². The first-order valence-electron chi connectivity index (χ1n) is 0.783. The Morgan fingerprint density at radius 2 is 1.29 bits per heavy atom. The molecule has 0 aromatic heterocycles. The molecule has 0 fully saturated rings. The van der Waals surface area contributed by atoms with Crippen molar-refractivity contribution in [3.63, 3.8) is 0 Å². The van der Waals surface area contributed by atoms with Gasteiger partial charge in [-0.15, -0.1) is 0 Å². The molecule has 0 rings (SSSR count). The predicted molar refractivity (Wildman–Crippen MR) is 25.3 cm³/mol. The van der Waals surface area contributed by atoms with Crippen LogP contribution >= 0.6 is 9.90 Å². The van der Waals surface area contributed by atoms with Gasteiger partial charge in [-0.2, -0.15) is 9.90 Å². The Morgan fingerprint density at radius 3 is 1.29 bits per heavy atom. The van der Waals surface area contributed by atoms with E-state index in [2.05, 4.69) is 0 Å². The second kappa shape index (κ2) is 6.05. The van der Waals surface area contributed by atoms with Crippen molar-refractivity contribution in [2.75, 3.05) is 0 Å². The molecule has 0 aliphatic rings. The summed E-state index contributed by atoms with van der Waals surface area (Å²) >= 11 is -5.35. The fraction of sp³-hybridized carbons (Fsp3) is 0. The third kappa shape index (κ3) is 74.9. The average molecular weight is 247 g/mol. The molecule has 0 aromatic carbocycles. The van der Waals surface area contributed by atoms with Crippen LogP contribution in [0.5, 0.6) is 0 Å². The van der Waals surface area contributed by atoms with Crippen LogP contribution in [0.1, 0.15) is 1.43 Å². The fourth-order valence-electron chi connectivity index (χ4n) is 0. The third-order valence-corrected chi connectivity index (χ3v) is 0. The maximum absolute atomic E-state index is 8.97. The summed E-state index contributed by atoms with van der Waals surface area (Å²) in [5.41, 5.74) is 0. The van der Waals surface area contributed by atoms with Crippen molar-refractivity contribution < 1.29 is 44.2 Å². The van der Waals surface area contributed by atoms with Crippen LogP contribution in [0.4, 0.5) is 0 Å². The monoisotopic (exact) mass is 246 g/mol. The summed E-state index contributed by atoms with van der Waals surface area (Å²) < 4.78 is 30.8. The number of hydrogen-bond acceptors (Lipinski definition) is 1. The minimum atomic E-state index is -5.35. The molecular weight excluding hydrogens is 240 g/mol. The van der Waals surface area contributed by atoms with E-state index in [0.717, 1.165) is 0 Å². The average Bonchev–Trinajstić information content (AvgIpc) is 0.722. The summed E-state index contributed by atoms with van der Waals surface area (Å²) in [6.45, 7) is 0. The SMILES string of the molecule is P.[H-].[Na+].[O]=[Sb]([OH])([OH])[OH]. The fourth-order valence-corrected chi connectivity index (χ4v) is 0. The Morgan fingerprint density at radius 1 is 1.29 bits per heavy atom. The molecule has 42 valence electrons. The Bertz CT molecular complexity index is 62.2. The molecule has 0 radical (unpaired) electrons. The van der Waals surface area contributed by atoms with Crippen molar-refractivity contribution in [2.45, 2.75) is 0 Å². The van der Waals surface area contributed by atoms with Crippen molar-refractivity contribution in [3.05, 3.63) is 0 Å². The molecule has 0 aliphatic heterocycles. The zero-order valence-corrected chi connectivity index (χ0v) is 9.87. The second-order valence-electron chi connectivity index (χ2n) is 0.513. The minimum absolute atomic E-state index is 0. The van der Waals surface area contributed by atoms with Crippen molar-refractivity contribution in [1.29, 1.82) is 0 Å². The normalized spacial score (nSPS) is 8.43. The summed E-state index contributed by atoms with van der Waals surface area (Å²) in [6.07, 6.45) is 0. The molecule has 0 heterocycles. The first-order chi connectivity index (χ1) is 2.00. The van der Waals surface area contributed by atoms with E-state index in [1.807, 2.05) is 0 Å². The van der Waals surface area contributed by atoms with Crippen LogP contribution in [-0.2, 0) is 3.02 Å². The van der Waals surface area contributed by atoms with Crippen molar-refractivity contribution in [2.24, 2.45) is 0 Å². The molecule has 0 aromatic rings. The van der Waals surface area contributed by atoms with Crippen molar-refractivity contribution in [3.8, 4) is 0 Å². The van der Waals surface area contributed by atoms with Crippen LogP contribution in [0.25, 0.3) is 0 Å². The van der Waals surface area contributed by atoms with E-state index in [-0.39, 0.29) is 40.9 Å². The standard InChI is InChI=1S/Na.3H2O.O.H3P.Sb.H/h;3*1H2;;1H3;;/q+1;;;;;;+3;-1/p-3. The van der Waals surface area contributed by atoms with Gasteiger partial charge in [0.25, 0.3) is 0 Å². The quantitative estimate of drug-likeness (QED) is 0.296. The van der Waals surface area contributed by atoms with Gasteiger partial charge in [-0.25, -0.2) is 0 Å². The van der Waals surface area contributed by atoms with Gasteiger partial charge >= 0.3 is 62.8 Å². The number of rotatable bonds is 0. The zero-order valence-electron chi connectivity index (χ0n) is 4.90. The first-order valence-corrected chi connectivity index (χ1v) is 5.25. The Kier molecular flexibility index (Phi) is 13.8. The summed E-state index contributed by atoms with van der Waals surface area (Å²) in [4.78, 5) is 0. The zero-order chi connectivity index (χ0) is 4.50. The van der Waals surface area contributed by atoms with E-state index in [4.69, 9.17) is 13.2 Å². The van der Waals surface area contributed by atoms with Crippen LogP contribution in [0.3, 0.4) is 0 Å². The summed E-state index contributed by atoms with van der Waals surface area (Å²) in [5, 5.41) is 0. The molecule has 0 saturated carbocycles. The van der Waals surface area contributed by atoms with E-state index in [1.54, 1.807) is 0 Å². The molecule has 1 atom stereocenters.